The van der Waals surface area contributed by atoms with Crippen LogP contribution in [-0.2, 0) is 4.79 Å². The molecule has 1 saturated heterocycles. The summed E-state index contributed by atoms with van der Waals surface area (Å²) in [5, 5.41) is 0. The van der Waals surface area contributed by atoms with Gasteiger partial charge in [-0.15, -0.1) is 0 Å². The molecular weight excluding hydrogens is 266 g/mol. The van der Waals surface area contributed by atoms with Gasteiger partial charge in [0.25, 0.3) is 0 Å². The van der Waals surface area contributed by atoms with Gasteiger partial charge in [0.2, 0.25) is 5.91 Å². The van der Waals surface area contributed by atoms with Gasteiger partial charge in [-0.1, -0.05) is 40.5 Å². The molecule has 0 aromatic carbocycles. The lowest BCUT2D eigenvalue weighted by Crippen LogP contribution is -2.42. The van der Waals surface area contributed by atoms with Gasteiger partial charge in [-0.2, -0.15) is 12.6 Å². The van der Waals surface area contributed by atoms with Crippen molar-refractivity contribution in [3.05, 3.63) is 0 Å². The maximum absolute atomic E-state index is 12.4. The van der Waals surface area contributed by atoms with Crippen LogP contribution < -0.4 is 0 Å². The lowest BCUT2D eigenvalue weighted by molar-refractivity contribution is -0.132. The van der Waals surface area contributed by atoms with Crippen LogP contribution in [0.25, 0.3) is 0 Å². The van der Waals surface area contributed by atoms with Crippen molar-refractivity contribution in [3.8, 4) is 0 Å². The maximum Gasteiger partial charge on any atom is 0.222 e. The molecule has 0 N–H and O–H groups in total. The third-order valence-corrected chi connectivity index (χ3v) is 5.52. The van der Waals surface area contributed by atoms with Crippen molar-refractivity contribution in [2.24, 2.45) is 10.8 Å². The van der Waals surface area contributed by atoms with E-state index in [0.717, 1.165) is 31.7 Å². The van der Waals surface area contributed by atoms with Crippen molar-refractivity contribution < 1.29 is 4.79 Å². The molecule has 1 rings (SSSR count). The topological polar surface area (TPSA) is 20.3 Å². The molecule has 1 fully saturated rings. The van der Waals surface area contributed by atoms with Crippen LogP contribution in [0.4, 0.5) is 0 Å². The first-order valence-electron chi connectivity index (χ1n) is 8.27. The summed E-state index contributed by atoms with van der Waals surface area (Å²) < 4.78 is 0. The molecule has 118 valence electrons. The van der Waals surface area contributed by atoms with Crippen molar-refractivity contribution in [1.82, 2.24) is 4.90 Å². The van der Waals surface area contributed by atoms with Crippen LogP contribution in [-0.4, -0.2) is 29.6 Å². The first kappa shape index (κ1) is 17.9. The molecule has 1 heterocycles. The number of hydrogen-bond acceptors (Lipinski definition) is 2. The number of carbonyl (C=O) groups is 1. The van der Waals surface area contributed by atoms with Gasteiger partial charge in [0.1, 0.15) is 0 Å². The molecule has 0 aromatic heterocycles. The Morgan fingerprint density at radius 2 is 1.80 bits per heavy atom. The highest BCUT2D eigenvalue weighted by Gasteiger charge is 2.34. The molecule has 0 bridgehead atoms. The highest BCUT2D eigenvalue weighted by molar-refractivity contribution is 7.80. The molecule has 0 atom stereocenters. The van der Waals surface area contributed by atoms with Crippen LogP contribution in [0.2, 0.25) is 0 Å². The predicted molar refractivity (Wildman–Crippen MR) is 90.3 cm³/mol. The summed E-state index contributed by atoms with van der Waals surface area (Å²) in [7, 11) is 0. The van der Waals surface area contributed by atoms with E-state index in [1.54, 1.807) is 0 Å². The van der Waals surface area contributed by atoms with E-state index in [2.05, 4.69) is 45.2 Å². The Morgan fingerprint density at radius 3 is 2.30 bits per heavy atom. The van der Waals surface area contributed by atoms with Gasteiger partial charge in [-0.3, -0.25) is 4.79 Å². The van der Waals surface area contributed by atoms with Gasteiger partial charge in [0, 0.05) is 19.5 Å². The average Bonchev–Trinajstić information content (AvgIpc) is 2.52. The minimum atomic E-state index is 0.219. The second-order valence-electron chi connectivity index (χ2n) is 7.39. The molecule has 0 unspecified atom stereocenters. The van der Waals surface area contributed by atoms with Gasteiger partial charge >= 0.3 is 0 Å². The second kappa shape index (κ2) is 7.72. The van der Waals surface area contributed by atoms with E-state index < -0.39 is 0 Å². The summed E-state index contributed by atoms with van der Waals surface area (Å²) in [4.78, 5) is 14.5. The second-order valence-corrected chi connectivity index (χ2v) is 7.70. The van der Waals surface area contributed by atoms with E-state index in [1.807, 2.05) is 0 Å². The highest BCUT2D eigenvalue weighted by atomic mass is 32.1. The van der Waals surface area contributed by atoms with Crippen LogP contribution >= 0.6 is 12.6 Å². The van der Waals surface area contributed by atoms with Crippen LogP contribution in [0.3, 0.4) is 0 Å². The van der Waals surface area contributed by atoms with Gasteiger partial charge in [0.05, 0.1) is 0 Å². The highest BCUT2D eigenvalue weighted by Crippen LogP contribution is 2.35. The molecule has 0 spiro atoms. The van der Waals surface area contributed by atoms with Crippen LogP contribution in [0.15, 0.2) is 0 Å². The quantitative estimate of drug-likeness (QED) is 0.684. The van der Waals surface area contributed by atoms with Crippen LogP contribution in [0.1, 0.15) is 72.6 Å². The van der Waals surface area contributed by atoms with E-state index in [0.29, 0.717) is 17.7 Å². The smallest absolute Gasteiger partial charge is 0.222 e. The van der Waals surface area contributed by atoms with Gasteiger partial charge < -0.3 is 4.90 Å². The summed E-state index contributed by atoms with van der Waals surface area (Å²) in [6, 6.07) is 0. The molecule has 2 nitrogen and oxygen atoms in total. The SMILES string of the molecule is CCCC(CS)(CCC)CN1CCC(C)(C)CCC1=O. The first-order valence-corrected chi connectivity index (χ1v) is 8.90. The lowest BCUT2D eigenvalue weighted by atomic mass is 9.80. The van der Waals surface area contributed by atoms with E-state index in [1.165, 1.54) is 25.7 Å². The Labute approximate surface area is 131 Å². The molecule has 0 saturated carbocycles. The van der Waals surface area contributed by atoms with Crippen LogP contribution in [0, 0.1) is 10.8 Å². The number of rotatable bonds is 7. The molecule has 0 aliphatic carbocycles. The zero-order valence-electron chi connectivity index (χ0n) is 13.9. The summed E-state index contributed by atoms with van der Waals surface area (Å²) in [5.41, 5.74) is 0.528. The van der Waals surface area contributed by atoms with Gasteiger partial charge in [0.15, 0.2) is 0 Å². The minimum absolute atomic E-state index is 0.219. The van der Waals surface area contributed by atoms with Crippen molar-refractivity contribution >= 4 is 18.5 Å². The number of amides is 1. The summed E-state index contributed by atoms with van der Waals surface area (Å²) >= 11 is 4.62. The number of likely N-dealkylation sites (tertiary alicyclic amines) is 1. The van der Waals surface area contributed by atoms with Crippen LogP contribution in [0.5, 0.6) is 0 Å². The van der Waals surface area contributed by atoms with E-state index in [9.17, 15) is 4.79 Å². The Morgan fingerprint density at radius 1 is 1.20 bits per heavy atom. The van der Waals surface area contributed by atoms with Gasteiger partial charge in [-0.25, -0.2) is 0 Å². The average molecular weight is 300 g/mol. The molecule has 3 heteroatoms. The largest absolute Gasteiger partial charge is 0.342 e. The predicted octanol–water partition coefficient (Wildman–Crippen LogP) is 4.54. The number of nitrogens with zero attached hydrogens (tertiary/aromatic N) is 1. The number of carbonyl (C=O) groups excluding carboxylic acids is 1. The molecule has 1 amide bonds. The summed E-state index contributed by atoms with van der Waals surface area (Å²) in [5.74, 6) is 1.25. The van der Waals surface area contributed by atoms with Crippen molar-refractivity contribution in [1.29, 1.82) is 0 Å². The Kier molecular flexibility index (Phi) is 6.90. The van der Waals surface area contributed by atoms with E-state index in [4.69, 9.17) is 0 Å². The fraction of sp³-hybridized carbons (Fsp3) is 0.941. The molecule has 20 heavy (non-hydrogen) atoms. The minimum Gasteiger partial charge on any atom is -0.342 e. The van der Waals surface area contributed by atoms with Crippen molar-refractivity contribution in [3.63, 3.8) is 0 Å². The van der Waals surface area contributed by atoms with Crippen molar-refractivity contribution in [2.45, 2.75) is 72.6 Å². The third-order valence-electron chi connectivity index (χ3n) is 4.85. The fourth-order valence-electron chi connectivity index (χ4n) is 3.41. The van der Waals surface area contributed by atoms with E-state index >= 15 is 0 Å². The summed E-state index contributed by atoms with van der Waals surface area (Å²) in [6.45, 7) is 10.9. The number of hydrogen-bond donors (Lipinski definition) is 1. The Bertz CT molecular complexity index is 308. The monoisotopic (exact) mass is 299 g/mol. The molecule has 1 aliphatic heterocycles. The lowest BCUT2D eigenvalue weighted by Gasteiger charge is -2.37. The van der Waals surface area contributed by atoms with Crippen molar-refractivity contribution in [2.75, 3.05) is 18.8 Å². The Balaban J connectivity index is 2.78. The first-order chi connectivity index (χ1) is 9.38. The third kappa shape index (κ3) is 4.98. The standard InChI is InChI=1S/C17H33NOS/c1-5-8-17(14-20,9-6-2)13-18-12-11-16(3,4)10-7-15(18)19/h20H,5-14H2,1-4H3. The molecular formula is C17H33NOS. The molecule has 0 radical (unpaired) electrons. The number of thiol groups is 1. The van der Waals surface area contributed by atoms with E-state index in [-0.39, 0.29) is 5.41 Å². The maximum atomic E-state index is 12.4. The fourth-order valence-corrected chi connectivity index (χ4v) is 3.83. The zero-order valence-corrected chi connectivity index (χ0v) is 14.8. The molecule has 1 aliphatic rings. The molecule has 0 aromatic rings. The Hall–Kier alpha value is -0.180. The summed E-state index contributed by atoms with van der Waals surface area (Å²) in [6.07, 6.45) is 7.57. The zero-order chi connectivity index (χ0) is 15.2. The normalized spacial score (nSPS) is 20.1. The van der Waals surface area contributed by atoms with Gasteiger partial charge in [-0.05, 0) is 42.3 Å².